The highest BCUT2D eigenvalue weighted by atomic mass is 16.1. The van der Waals surface area contributed by atoms with Gasteiger partial charge in [0.15, 0.2) is 0 Å². The summed E-state index contributed by atoms with van der Waals surface area (Å²) in [5, 5.41) is 0. The van der Waals surface area contributed by atoms with Crippen LogP contribution >= 0.6 is 0 Å². The first-order chi connectivity index (χ1) is 8.77. The molecule has 2 rings (SSSR count). The molecule has 1 unspecified atom stereocenters. The summed E-state index contributed by atoms with van der Waals surface area (Å²) in [6.07, 6.45) is 7.99. The van der Waals surface area contributed by atoms with Gasteiger partial charge in [-0.1, -0.05) is 18.9 Å². The molecule has 98 valence electrons. The quantitative estimate of drug-likeness (QED) is 0.765. The highest BCUT2D eigenvalue weighted by molar-refractivity contribution is 5.84. The number of carbonyl (C=O) groups is 1. The molecule has 0 aliphatic heterocycles. The van der Waals surface area contributed by atoms with E-state index in [9.17, 15) is 4.79 Å². The van der Waals surface area contributed by atoms with E-state index in [4.69, 9.17) is 0 Å². The fourth-order valence-electron chi connectivity index (χ4n) is 2.60. The van der Waals surface area contributed by atoms with Crippen LogP contribution in [0.4, 0.5) is 0 Å². The molecule has 0 N–H and O–H groups in total. The molecule has 18 heavy (non-hydrogen) atoms. The van der Waals surface area contributed by atoms with E-state index in [1.807, 2.05) is 24.4 Å². The van der Waals surface area contributed by atoms with E-state index < -0.39 is 0 Å². The second kappa shape index (κ2) is 6.64. The van der Waals surface area contributed by atoms with Gasteiger partial charge in [-0.05, 0) is 32.0 Å². The van der Waals surface area contributed by atoms with Crippen LogP contribution in [0.5, 0.6) is 0 Å². The highest BCUT2D eigenvalue weighted by Crippen LogP contribution is 2.18. The number of likely N-dealkylation sites (N-methyl/N-ethyl adjacent to an activating group) is 1. The van der Waals surface area contributed by atoms with Gasteiger partial charge in [0.05, 0.1) is 6.04 Å². The van der Waals surface area contributed by atoms with Crippen LogP contribution in [0.2, 0.25) is 0 Å². The van der Waals surface area contributed by atoms with Crippen molar-refractivity contribution in [2.24, 2.45) is 0 Å². The van der Waals surface area contributed by atoms with Crippen LogP contribution in [0.3, 0.4) is 0 Å². The molecule has 1 aromatic heterocycles. The lowest BCUT2D eigenvalue weighted by Gasteiger charge is -2.25. The van der Waals surface area contributed by atoms with Gasteiger partial charge >= 0.3 is 0 Å². The molecule has 0 amide bonds. The molecule has 0 aromatic carbocycles. The van der Waals surface area contributed by atoms with Crippen molar-refractivity contribution in [3.63, 3.8) is 0 Å². The molecule has 0 bridgehead atoms. The van der Waals surface area contributed by atoms with Crippen LogP contribution in [-0.2, 0) is 11.2 Å². The van der Waals surface area contributed by atoms with Gasteiger partial charge in [0, 0.05) is 31.3 Å². The summed E-state index contributed by atoms with van der Waals surface area (Å²) in [4.78, 5) is 18.5. The second-order valence-electron chi connectivity index (χ2n) is 5.13. The zero-order chi connectivity index (χ0) is 12.8. The number of nitrogens with zero attached hydrogens (tertiary/aromatic N) is 2. The van der Waals surface area contributed by atoms with Gasteiger partial charge in [0.1, 0.15) is 5.78 Å². The van der Waals surface area contributed by atoms with E-state index in [0.29, 0.717) is 5.78 Å². The summed E-state index contributed by atoms with van der Waals surface area (Å²) in [6.45, 7) is 0.910. The molecule has 1 heterocycles. The molecule has 0 saturated heterocycles. The number of ketones is 1. The zero-order valence-corrected chi connectivity index (χ0v) is 11.1. The fraction of sp³-hybridized carbons (Fsp3) is 0.600. The Morgan fingerprint density at radius 2 is 2.22 bits per heavy atom. The molecule has 1 fully saturated rings. The van der Waals surface area contributed by atoms with Crippen molar-refractivity contribution in [2.75, 3.05) is 13.6 Å². The number of hydrogen-bond acceptors (Lipinski definition) is 3. The molecule has 0 spiro atoms. The van der Waals surface area contributed by atoms with Crippen molar-refractivity contribution in [1.29, 1.82) is 0 Å². The predicted octanol–water partition coefficient (Wildman–Crippen LogP) is 2.46. The van der Waals surface area contributed by atoms with Crippen molar-refractivity contribution in [3.05, 3.63) is 30.1 Å². The Balaban J connectivity index is 1.86. The molecular formula is C15H22N2O. The van der Waals surface area contributed by atoms with Gasteiger partial charge in [-0.25, -0.2) is 0 Å². The minimum Gasteiger partial charge on any atom is -0.298 e. The summed E-state index contributed by atoms with van der Waals surface area (Å²) < 4.78 is 0. The lowest BCUT2D eigenvalue weighted by atomic mass is 10.1. The second-order valence-corrected chi connectivity index (χ2v) is 5.13. The number of pyridine rings is 1. The summed E-state index contributed by atoms with van der Waals surface area (Å²) in [6, 6.07) is 6.13. The normalized spacial score (nSPS) is 21.0. The van der Waals surface area contributed by atoms with Gasteiger partial charge in [-0.3, -0.25) is 14.7 Å². The molecule has 0 radical (unpaired) electrons. The third-order valence-corrected chi connectivity index (χ3v) is 3.75. The summed E-state index contributed by atoms with van der Waals surface area (Å²) in [7, 11) is 2.07. The number of aromatic nitrogens is 1. The lowest BCUT2D eigenvalue weighted by molar-refractivity contribution is -0.123. The number of hydrogen-bond donors (Lipinski definition) is 0. The average molecular weight is 246 g/mol. The van der Waals surface area contributed by atoms with E-state index in [1.165, 1.54) is 12.8 Å². The molecule has 3 heteroatoms. The van der Waals surface area contributed by atoms with Crippen molar-refractivity contribution < 1.29 is 4.79 Å². The van der Waals surface area contributed by atoms with E-state index in [2.05, 4.69) is 16.9 Å². The highest BCUT2D eigenvalue weighted by Gasteiger charge is 2.24. The van der Waals surface area contributed by atoms with Crippen LogP contribution in [0, 0.1) is 0 Å². The maximum atomic E-state index is 12.0. The van der Waals surface area contributed by atoms with Gasteiger partial charge in [-0.15, -0.1) is 0 Å². The first-order valence-corrected chi connectivity index (χ1v) is 6.90. The van der Waals surface area contributed by atoms with Crippen LogP contribution in [0.1, 0.15) is 37.8 Å². The van der Waals surface area contributed by atoms with Crippen LogP contribution < -0.4 is 0 Å². The zero-order valence-electron chi connectivity index (χ0n) is 11.1. The van der Waals surface area contributed by atoms with Crippen molar-refractivity contribution in [2.45, 2.75) is 44.6 Å². The van der Waals surface area contributed by atoms with Crippen LogP contribution in [0.15, 0.2) is 24.4 Å². The van der Waals surface area contributed by atoms with Crippen molar-refractivity contribution in [3.8, 4) is 0 Å². The molecule has 1 saturated carbocycles. The summed E-state index contributed by atoms with van der Waals surface area (Å²) >= 11 is 0. The number of carbonyl (C=O) groups excluding carboxylic acids is 1. The van der Waals surface area contributed by atoms with E-state index in [0.717, 1.165) is 37.9 Å². The molecule has 3 nitrogen and oxygen atoms in total. The lowest BCUT2D eigenvalue weighted by Crippen LogP contribution is -2.39. The molecule has 1 atom stereocenters. The Kier molecular flexibility index (Phi) is 4.88. The molecule has 1 aliphatic carbocycles. The van der Waals surface area contributed by atoms with Crippen molar-refractivity contribution >= 4 is 5.78 Å². The summed E-state index contributed by atoms with van der Waals surface area (Å²) in [5.74, 6) is 0.427. The monoisotopic (exact) mass is 246 g/mol. The largest absolute Gasteiger partial charge is 0.298 e. The Morgan fingerprint density at radius 1 is 1.33 bits per heavy atom. The third kappa shape index (κ3) is 3.64. The third-order valence-electron chi connectivity index (χ3n) is 3.75. The van der Waals surface area contributed by atoms with Gasteiger partial charge in [0.25, 0.3) is 0 Å². The van der Waals surface area contributed by atoms with Gasteiger partial charge in [0.2, 0.25) is 0 Å². The number of Topliss-reactive ketones (excluding diaryl/α,β-unsaturated/α-hetero) is 1. The minimum atomic E-state index is 0.135. The maximum absolute atomic E-state index is 12.0. The average Bonchev–Trinajstić information content (AvgIpc) is 2.62. The van der Waals surface area contributed by atoms with Gasteiger partial charge in [-0.2, -0.15) is 0 Å². The van der Waals surface area contributed by atoms with Crippen molar-refractivity contribution in [1.82, 2.24) is 9.88 Å². The topological polar surface area (TPSA) is 33.2 Å². The predicted molar refractivity (Wildman–Crippen MR) is 72.5 cm³/mol. The Morgan fingerprint density at radius 3 is 3.00 bits per heavy atom. The van der Waals surface area contributed by atoms with E-state index >= 15 is 0 Å². The minimum absolute atomic E-state index is 0.135. The molecular weight excluding hydrogens is 224 g/mol. The van der Waals surface area contributed by atoms with Gasteiger partial charge < -0.3 is 0 Å². The summed E-state index contributed by atoms with van der Waals surface area (Å²) in [5.41, 5.74) is 1.10. The smallest absolute Gasteiger partial charge is 0.149 e. The Hall–Kier alpha value is -1.22. The van der Waals surface area contributed by atoms with Crippen LogP contribution in [0.25, 0.3) is 0 Å². The van der Waals surface area contributed by atoms with E-state index in [1.54, 1.807) is 0 Å². The first-order valence-electron chi connectivity index (χ1n) is 6.90. The SMILES string of the molecule is CN(CCc1ccccn1)C1CCCCCC1=O. The number of rotatable bonds is 4. The Labute approximate surface area is 109 Å². The molecule has 1 aromatic rings. The van der Waals surface area contributed by atoms with E-state index in [-0.39, 0.29) is 6.04 Å². The van der Waals surface area contributed by atoms with Crippen LogP contribution in [-0.4, -0.2) is 35.3 Å². The maximum Gasteiger partial charge on any atom is 0.149 e. The molecule has 1 aliphatic rings. The standard InChI is InChI=1S/C15H22N2O/c1-17(12-10-13-7-5-6-11-16-13)14-8-3-2-4-9-15(14)18/h5-7,11,14H,2-4,8-10,12H2,1H3. The first kappa shape index (κ1) is 13.2. The fourth-order valence-corrected chi connectivity index (χ4v) is 2.60. The Bertz CT molecular complexity index is 377.